The van der Waals surface area contributed by atoms with Gasteiger partial charge in [0.2, 0.25) is 0 Å². The highest BCUT2D eigenvalue weighted by Gasteiger charge is 2.41. The van der Waals surface area contributed by atoms with Gasteiger partial charge in [0.05, 0.1) is 11.5 Å². The highest BCUT2D eigenvalue weighted by molar-refractivity contribution is 6.29. The molecule has 0 spiro atoms. The van der Waals surface area contributed by atoms with Crippen LogP contribution in [0.3, 0.4) is 0 Å². The van der Waals surface area contributed by atoms with Gasteiger partial charge in [-0.2, -0.15) is 5.26 Å². The largest absolute Gasteiger partial charge is 0.245 e. The standard InChI is InChI=1S/C11H9ClN2/c1-8-5-11(6-8,7-13)9-2-3-14-10(12)4-9/h2-4H,1,5-6H2. The number of rotatable bonds is 1. The average molecular weight is 205 g/mol. The molecule has 70 valence electrons. The molecular weight excluding hydrogens is 196 g/mol. The summed E-state index contributed by atoms with van der Waals surface area (Å²) in [5, 5.41) is 9.58. The molecule has 2 rings (SSSR count). The summed E-state index contributed by atoms with van der Waals surface area (Å²) in [5.74, 6) is 0. The Morgan fingerprint density at radius 3 is 2.79 bits per heavy atom. The van der Waals surface area contributed by atoms with Crippen molar-refractivity contribution in [1.82, 2.24) is 4.98 Å². The summed E-state index contributed by atoms with van der Waals surface area (Å²) in [6.07, 6.45) is 3.12. The molecule has 0 saturated heterocycles. The SMILES string of the molecule is C=C1CC(C#N)(c2ccnc(Cl)c2)C1. The van der Waals surface area contributed by atoms with E-state index in [1.54, 1.807) is 12.3 Å². The molecule has 3 heteroatoms. The van der Waals surface area contributed by atoms with Crippen LogP contribution in [0.15, 0.2) is 30.5 Å². The van der Waals surface area contributed by atoms with E-state index in [9.17, 15) is 0 Å². The number of aromatic nitrogens is 1. The number of halogens is 1. The molecule has 0 radical (unpaired) electrons. The van der Waals surface area contributed by atoms with Crippen molar-refractivity contribution >= 4 is 11.6 Å². The lowest BCUT2D eigenvalue weighted by Gasteiger charge is -2.37. The van der Waals surface area contributed by atoms with Crippen LogP contribution in [0.4, 0.5) is 0 Å². The zero-order valence-corrected chi connectivity index (χ0v) is 8.38. The lowest BCUT2D eigenvalue weighted by molar-refractivity contribution is 0.433. The first kappa shape index (κ1) is 9.23. The smallest absolute Gasteiger partial charge is 0.129 e. The Hall–Kier alpha value is -1.33. The normalized spacial score (nSPS) is 18.4. The lowest BCUT2D eigenvalue weighted by atomic mass is 9.63. The van der Waals surface area contributed by atoms with E-state index in [2.05, 4.69) is 17.6 Å². The predicted octanol–water partition coefficient (Wildman–Crippen LogP) is 2.85. The molecule has 1 heterocycles. The highest BCUT2D eigenvalue weighted by atomic mass is 35.5. The van der Waals surface area contributed by atoms with Crippen LogP contribution in [0.25, 0.3) is 0 Å². The maximum Gasteiger partial charge on any atom is 0.129 e. The van der Waals surface area contributed by atoms with Gasteiger partial charge in [-0.15, -0.1) is 0 Å². The number of nitriles is 1. The van der Waals surface area contributed by atoms with Gasteiger partial charge in [-0.25, -0.2) is 4.98 Å². The summed E-state index contributed by atoms with van der Waals surface area (Å²) in [7, 11) is 0. The molecular formula is C11H9ClN2. The van der Waals surface area contributed by atoms with Crippen molar-refractivity contribution in [1.29, 1.82) is 5.26 Å². The molecule has 1 fully saturated rings. The minimum atomic E-state index is -0.399. The maximum atomic E-state index is 9.14. The third-order valence-corrected chi connectivity index (χ3v) is 2.80. The fraction of sp³-hybridized carbons (Fsp3) is 0.273. The van der Waals surface area contributed by atoms with Crippen molar-refractivity contribution in [3.05, 3.63) is 41.2 Å². The van der Waals surface area contributed by atoms with Crippen LogP contribution in [0.1, 0.15) is 18.4 Å². The molecule has 14 heavy (non-hydrogen) atoms. The summed E-state index contributed by atoms with van der Waals surface area (Å²) in [4.78, 5) is 3.90. The number of hydrogen-bond acceptors (Lipinski definition) is 2. The maximum absolute atomic E-state index is 9.14. The van der Waals surface area contributed by atoms with Crippen LogP contribution in [0.5, 0.6) is 0 Å². The molecule has 1 aromatic rings. The molecule has 0 bridgehead atoms. The third-order valence-electron chi connectivity index (χ3n) is 2.60. The zero-order valence-electron chi connectivity index (χ0n) is 7.63. The minimum Gasteiger partial charge on any atom is -0.245 e. The first-order valence-electron chi connectivity index (χ1n) is 4.36. The van der Waals surface area contributed by atoms with Gasteiger partial charge in [-0.3, -0.25) is 0 Å². The van der Waals surface area contributed by atoms with Crippen LogP contribution in [-0.2, 0) is 5.41 Å². The van der Waals surface area contributed by atoms with E-state index in [0.717, 1.165) is 24.0 Å². The van der Waals surface area contributed by atoms with Crippen LogP contribution < -0.4 is 0 Å². The van der Waals surface area contributed by atoms with Gasteiger partial charge >= 0.3 is 0 Å². The first-order chi connectivity index (χ1) is 6.66. The monoisotopic (exact) mass is 204 g/mol. The van der Waals surface area contributed by atoms with Gasteiger partial charge in [0.1, 0.15) is 5.15 Å². The Morgan fingerprint density at radius 2 is 2.29 bits per heavy atom. The number of pyridine rings is 1. The fourth-order valence-corrected chi connectivity index (χ4v) is 2.02. The molecule has 0 unspecified atom stereocenters. The molecule has 0 aromatic carbocycles. The summed E-state index contributed by atoms with van der Waals surface area (Å²) in [5.41, 5.74) is 1.68. The van der Waals surface area contributed by atoms with Crippen molar-refractivity contribution in [2.75, 3.05) is 0 Å². The van der Waals surface area contributed by atoms with E-state index in [0.29, 0.717) is 5.15 Å². The molecule has 0 atom stereocenters. The Labute approximate surface area is 87.8 Å². The second-order valence-corrected chi connectivity index (χ2v) is 4.05. The van der Waals surface area contributed by atoms with E-state index in [1.807, 2.05) is 6.07 Å². The Kier molecular flexibility index (Phi) is 2.05. The van der Waals surface area contributed by atoms with Gasteiger partial charge in [-0.05, 0) is 30.5 Å². The van der Waals surface area contributed by atoms with Crippen molar-refractivity contribution in [2.24, 2.45) is 0 Å². The van der Waals surface area contributed by atoms with E-state index >= 15 is 0 Å². The zero-order chi connectivity index (χ0) is 10.2. The molecule has 0 amide bonds. The van der Waals surface area contributed by atoms with E-state index in [4.69, 9.17) is 16.9 Å². The first-order valence-corrected chi connectivity index (χ1v) is 4.74. The number of nitrogens with zero attached hydrogens (tertiary/aromatic N) is 2. The average Bonchev–Trinajstić information content (AvgIpc) is 2.12. The molecule has 1 saturated carbocycles. The lowest BCUT2D eigenvalue weighted by Crippen LogP contribution is -2.34. The Balaban J connectivity index is 2.39. The Bertz CT molecular complexity index is 423. The molecule has 2 nitrogen and oxygen atoms in total. The van der Waals surface area contributed by atoms with Crippen molar-refractivity contribution in [3.8, 4) is 6.07 Å². The summed E-state index contributed by atoms with van der Waals surface area (Å²) in [6.45, 7) is 3.85. The van der Waals surface area contributed by atoms with Gasteiger partial charge in [0, 0.05) is 6.20 Å². The van der Waals surface area contributed by atoms with Gasteiger partial charge in [0.15, 0.2) is 0 Å². The molecule has 1 aliphatic rings. The summed E-state index contributed by atoms with van der Waals surface area (Å²) in [6, 6.07) is 5.95. The van der Waals surface area contributed by atoms with Crippen LogP contribution in [0.2, 0.25) is 5.15 Å². The Morgan fingerprint density at radius 1 is 1.57 bits per heavy atom. The summed E-state index contributed by atoms with van der Waals surface area (Å²) >= 11 is 5.78. The quantitative estimate of drug-likeness (QED) is 0.521. The molecule has 1 aliphatic carbocycles. The molecule has 0 N–H and O–H groups in total. The van der Waals surface area contributed by atoms with Crippen molar-refractivity contribution < 1.29 is 0 Å². The fourth-order valence-electron chi connectivity index (χ4n) is 1.85. The van der Waals surface area contributed by atoms with Crippen molar-refractivity contribution in [2.45, 2.75) is 18.3 Å². The van der Waals surface area contributed by atoms with E-state index < -0.39 is 5.41 Å². The molecule has 0 aliphatic heterocycles. The van der Waals surface area contributed by atoms with E-state index in [-0.39, 0.29) is 0 Å². The summed E-state index contributed by atoms with van der Waals surface area (Å²) < 4.78 is 0. The second-order valence-electron chi connectivity index (χ2n) is 3.66. The topological polar surface area (TPSA) is 36.7 Å². The van der Waals surface area contributed by atoms with Gasteiger partial charge < -0.3 is 0 Å². The minimum absolute atomic E-state index is 0.399. The van der Waals surface area contributed by atoms with Gasteiger partial charge in [-0.1, -0.05) is 23.8 Å². The van der Waals surface area contributed by atoms with Gasteiger partial charge in [0.25, 0.3) is 0 Å². The third kappa shape index (κ3) is 1.30. The van der Waals surface area contributed by atoms with E-state index in [1.165, 1.54) is 0 Å². The second kappa shape index (κ2) is 3.11. The molecule has 1 aromatic heterocycles. The predicted molar refractivity (Wildman–Crippen MR) is 54.9 cm³/mol. The van der Waals surface area contributed by atoms with Crippen LogP contribution >= 0.6 is 11.6 Å². The number of hydrogen-bond donors (Lipinski definition) is 0. The van der Waals surface area contributed by atoms with Crippen molar-refractivity contribution in [3.63, 3.8) is 0 Å². The number of allylic oxidation sites excluding steroid dienone is 1. The van der Waals surface area contributed by atoms with Crippen LogP contribution in [0, 0.1) is 11.3 Å². The van der Waals surface area contributed by atoms with Crippen LogP contribution in [-0.4, -0.2) is 4.98 Å². The highest BCUT2D eigenvalue weighted by Crippen LogP contribution is 2.46.